The fourth-order valence-electron chi connectivity index (χ4n) is 13.5. The first-order valence-electron chi connectivity index (χ1n) is 25.1. The molecular weight excluding hydrogens is 843 g/mol. The monoisotopic (exact) mass is 899 g/mol. The summed E-state index contributed by atoms with van der Waals surface area (Å²) in [4.78, 5) is 2.46. The van der Waals surface area contributed by atoms with Crippen LogP contribution in [0.1, 0.15) is 92.5 Å². The highest BCUT2D eigenvalue weighted by Gasteiger charge is 2.50. The van der Waals surface area contributed by atoms with Crippen LogP contribution in [0.2, 0.25) is 0 Å². The summed E-state index contributed by atoms with van der Waals surface area (Å²) < 4.78 is 0. The van der Waals surface area contributed by atoms with Crippen molar-refractivity contribution >= 4 is 27.8 Å². The third-order valence-electron chi connectivity index (χ3n) is 16.5. The molecule has 338 valence electrons. The molecule has 13 rings (SSSR count). The highest BCUT2D eigenvalue weighted by molar-refractivity contribution is 6.00. The van der Waals surface area contributed by atoms with Gasteiger partial charge in [-0.05, 0) is 154 Å². The second-order valence-corrected chi connectivity index (χ2v) is 22.0. The number of hydrogen-bond donors (Lipinski definition) is 0. The highest BCUT2D eigenvalue weighted by atomic mass is 15.1. The van der Waals surface area contributed by atoms with E-state index >= 15 is 0 Å². The molecule has 0 spiro atoms. The van der Waals surface area contributed by atoms with Crippen molar-refractivity contribution in [1.82, 2.24) is 0 Å². The molecule has 3 aliphatic rings. The largest absolute Gasteiger partial charge is 0.310 e. The topological polar surface area (TPSA) is 3.24 Å². The SMILES string of the molecule is CC1(C)CC(C)(C)c2cc3c(cc21)-c1ccc(-c2ccc(-c4cccc(N(c5ccc6c(c5)C(C)(C)c5ccccc5-6)c5cccc6ccccc56)c4)cc2)cc1C3(c1ccccc1)c1ccccc1. The van der Waals surface area contributed by atoms with Crippen LogP contribution < -0.4 is 4.90 Å². The van der Waals surface area contributed by atoms with Gasteiger partial charge in [0, 0.05) is 22.2 Å². The molecule has 0 saturated carbocycles. The Labute approximate surface area is 413 Å². The standard InChI is InChI=1S/C69H57N/c1-66(2)44-67(3,4)64-43-62-58(42-63(64)66)57-37-35-49(40-61(57)69(62,50-22-9-7-10-23-50)51-24-11-8-12-25-51)46-33-31-45(32-34-46)48-21-17-26-52(39-48)70(65-30-18-20-47-19-13-14-27-54(47)65)53-36-38-56-55-28-15-16-29-59(55)68(5,6)60(56)41-53/h7-43H,44H2,1-6H3. The Morgan fingerprint density at radius 3 is 1.59 bits per heavy atom. The van der Waals surface area contributed by atoms with Gasteiger partial charge in [0.1, 0.15) is 0 Å². The van der Waals surface area contributed by atoms with E-state index in [1.165, 1.54) is 99.8 Å². The third kappa shape index (κ3) is 6.23. The van der Waals surface area contributed by atoms with Gasteiger partial charge in [-0.25, -0.2) is 0 Å². The molecule has 0 amide bonds. The molecule has 0 atom stereocenters. The van der Waals surface area contributed by atoms with E-state index in [-0.39, 0.29) is 16.2 Å². The first-order valence-corrected chi connectivity index (χ1v) is 25.1. The molecule has 0 bridgehead atoms. The number of benzene rings is 10. The average Bonchev–Trinajstić information content (AvgIpc) is 3.88. The fourth-order valence-corrected chi connectivity index (χ4v) is 13.5. The van der Waals surface area contributed by atoms with Crippen LogP contribution in [-0.2, 0) is 21.7 Å². The molecule has 0 saturated heterocycles. The molecule has 0 heterocycles. The van der Waals surface area contributed by atoms with Crippen LogP contribution in [0.15, 0.2) is 224 Å². The van der Waals surface area contributed by atoms with E-state index in [1.54, 1.807) is 0 Å². The molecule has 0 N–H and O–H groups in total. The highest BCUT2D eigenvalue weighted by Crippen LogP contribution is 2.61. The fraction of sp³-hybridized carbons (Fsp3) is 0.159. The van der Waals surface area contributed by atoms with Gasteiger partial charge in [-0.15, -0.1) is 0 Å². The zero-order valence-corrected chi connectivity index (χ0v) is 41.0. The Bertz CT molecular complexity index is 3660. The first kappa shape index (κ1) is 42.4. The van der Waals surface area contributed by atoms with Gasteiger partial charge in [-0.1, -0.05) is 224 Å². The van der Waals surface area contributed by atoms with Gasteiger partial charge in [0.2, 0.25) is 0 Å². The van der Waals surface area contributed by atoms with Gasteiger partial charge >= 0.3 is 0 Å². The summed E-state index contributed by atoms with van der Waals surface area (Å²) in [6, 6.07) is 84.7. The van der Waals surface area contributed by atoms with Crippen LogP contribution in [0.4, 0.5) is 17.1 Å². The molecule has 0 aromatic heterocycles. The van der Waals surface area contributed by atoms with Crippen LogP contribution in [0.5, 0.6) is 0 Å². The Hall–Kier alpha value is -7.74. The molecule has 1 heteroatoms. The van der Waals surface area contributed by atoms with Crippen molar-refractivity contribution in [3.8, 4) is 44.5 Å². The molecular formula is C69H57N. The van der Waals surface area contributed by atoms with E-state index in [0.717, 1.165) is 23.5 Å². The van der Waals surface area contributed by atoms with Crippen LogP contribution in [-0.4, -0.2) is 0 Å². The Kier molecular flexibility index (Phi) is 9.31. The molecule has 3 aliphatic carbocycles. The van der Waals surface area contributed by atoms with E-state index < -0.39 is 5.41 Å². The van der Waals surface area contributed by atoms with E-state index in [2.05, 4.69) is 271 Å². The van der Waals surface area contributed by atoms with E-state index in [1.807, 2.05) is 0 Å². The zero-order chi connectivity index (χ0) is 47.6. The maximum atomic E-state index is 2.60. The number of nitrogens with zero attached hydrogens (tertiary/aromatic N) is 1. The molecule has 0 fully saturated rings. The number of hydrogen-bond acceptors (Lipinski definition) is 1. The first-order chi connectivity index (χ1) is 33.9. The normalized spacial score (nSPS) is 16.0. The summed E-state index contributed by atoms with van der Waals surface area (Å²) in [6.07, 6.45) is 1.14. The predicted octanol–water partition coefficient (Wildman–Crippen LogP) is 18.3. The molecule has 70 heavy (non-hydrogen) atoms. The van der Waals surface area contributed by atoms with Crippen molar-refractivity contribution in [3.63, 3.8) is 0 Å². The third-order valence-corrected chi connectivity index (χ3v) is 16.5. The number of anilines is 3. The van der Waals surface area contributed by atoms with Crippen molar-refractivity contribution in [1.29, 1.82) is 0 Å². The lowest BCUT2D eigenvalue weighted by Gasteiger charge is -2.35. The minimum absolute atomic E-state index is 0.0778. The number of fused-ring (bicyclic) bond motifs is 8. The summed E-state index contributed by atoms with van der Waals surface area (Å²) >= 11 is 0. The lowest BCUT2D eigenvalue weighted by Crippen LogP contribution is -2.29. The van der Waals surface area contributed by atoms with Crippen molar-refractivity contribution in [3.05, 3.63) is 269 Å². The van der Waals surface area contributed by atoms with Gasteiger partial charge in [-0.3, -0.25) is 0 Å². The van der Waals surface area contributed by atoms with Crippen LogP contribution in [0.25, 0.3) is 55.3 Å². The number of rotatable bonds is 7. The molecule has 1 nitrogen and oxygen atoms in total. The van der Waals surface area contributed by atoms with Crippen LogP contribution in [0.3, 0.4) is 0 Å². The predicted molar refractivity (Wildman–Crippen MR) is 295 cm³/mol. The van der Waals surface area contributed by atoms with Gasteiger partial charge in [0.15, 0.2) is 0 Å². The summed E-state index contributed by atoms with van der Waals surface area (Å²) in [5, 5.41) is 2.45. The average molecular weight is 900 g/mol. The maximum absolute atomic E-state index is 2.60. The lowest BCUT2D eigenvalue weighted by atomic mass is 9.66. The summed E-state index contributed by atoms with van der Waals surface area (Å²) in [5.41, 5.74) is 24.2. The Morgan fingerprint density at radius 1 is 0.329 bits per heavy atom. The maximum Gasteiger partial charge on any atom is 0.0713 e. The van der Waals surface area contributed by atoms with Gasteiger partial charge in [0.05, 0.1) is 11.1 Å². The quantitative estimate of drug-likeness (QED) is 0.154. The molecule has 0 radical (unpaired) electrons. The van der Waals surface area contributed by atoms with Gasteiger partial charge in [-0.2, -0.15) is 0 Å². The van der Waals surface area contributed by atoms with Crippen LogP contribution in [0, 0.1) is 0 Å². The second kappa shape index (κ2) is 15.4. The van der Waals surface area contributed by atoms with Gasteiger partial charge < -0.3 is 4.90 Å². The molecule has 10 aromatic rings. The Balaban J connectivity index is 0.921. The summed E-state index contributed by atoms with van der Waals surface area (Å²) in [7, 11) is 0. The second-order valence-electron chi connectivity index (χ2n) is 22.0. The molecule has 0 aliphatic heterocycles. The minimum Gasteiger partial charge on any atom is -0.310 e. The molecule has 0 unspecified atom stereocenters. The lowest BCUT2D eigenvalue weighted by molar-refractivity contribution is 0.403. The van der Waals surface area contributed by atoms with Crippen molar-refractivity contribution in [2.24, 2.45) is 0 Å². The van der Waals surface area contributed by atoms with Crippen molar-refractivity contribution < 1.29 is 0 Å². The summed E-state index contributed by atoms with van der Waals surface area (Å²) in [6.45, 7) is 14.5. The van der Waals surface area contributed by atoms with E-state index in [9.17, 15) is 0 Å². The van der Waals surface area contributed by atoms with Gasteiger partial charge in [0.25, 0.3) is 0 Å². The summed E-state index contributed by atoms with van der Waals surface area (Å²) in [5.74, 6) is 0. The smallest absolute Gasteiger partial charge is 0.0713 e. The Morgan fingerprint density at radius 2 is 0.857 bits per heavy atom. The van der Waals surface area contributed by atoms with E-state index in [4.69, 9.17) is 0 Å². The van der Waals surface area contributed by atoms with E-state index in [0.29, 0.717) is 0 Å². The minimum atomic E-state index is -0.476. The molecule has 10 aromatic carbocycles. The zero-order valence-electron chi connectivity index (χ0n) is 41.0. The van der Waals surface area contributed by atoms with Crippen molar-refractivity contribution in [2.75, 3.05) is 4.90 Å². The van der Waals surface area contributed by atoms with Crippen LogP contribution >= 0.6 is 0 Å². The van der Waals surface area contributed by atoms with Crippen molar-refractivity contribution in [2.45, 2.75) is 69.6 Å².